The highest BCUT2D eigenvalue weighted by atomic mass is 16.7. The minimum Gasteiger partial charge on any atom is -0.497 e. The molecule has 1 aliphatic heterocycles. The van der Waals surface area contributed by atoms with Gasteiger partial charge in [0.2, 0.25) is 12.2 Å². The van der Waals surface area contributed by atoms with Crippen LogP contribution in [0.4, 0.5) is 0 Å². The van der Waals surface area contributed by atoms with Crippen molar-refractivity contribution in [3.05, 3.63) is 77.8 Å². The number of hydrogen-bond donors (Lipinski definition) is 3. The zero-order chi connectivity index (χ0) is 28.9. The molecule has 2 aromatic heterocycles. The molecule has 41 heavy (non-hydrogen) atoms. The molecular formula is C32H37N3O6. The van der Waals surface area contributed by atoms with E-state index < -0.39 is 6.29 Å². The lowest BCUT2D eigenvalue weighted by molar-refractivity contribution is -0.166. The maximum absolute atomic E-state index is 13.4. The number of aromatic nitrogens is 2. The van der Waals surface area contributed by atoms with E-state index in [2.05, 4.69) is 10.3 Å². The predicted octanol–water partition coefficient (Wildman–Crippen LogP) is 4.90. The molecule has 3 unspecified atom stereocenters. The monoisotopic (exact) mass is 559 g/mol. The summed E-state index contributed by atoms with van der Waals surface area (Å²) in [5.74, 6) is 0.120. The number of para-hydroxylation sites is 1. The van der Waals surface area contributed by atoms with Crippen molar-refractivity contribution in [2.75, 3.05) is 26.9 Å². The number of ether oxygens (including phenoxy) is 3. The number of aromatic amines is 1. The van der Waals surface area contributed by atoms with E-state index in [-0.39, 0.29) is 36.0 Å². The molecule has 1 amide bonds. The third-order valence-corrected chi connectivity index (χ3v) is 7.73. The van der Waals surface area contributed by atoms with Crippen LogP contribution in [0.3, 0.4) is 0 Å². The number of rotatable bonds is 11. The first kappa shape index (κ1) is 28.4. The van der Waals surface area contributed by atoms with Gasteiger partial charge in [0, 0.05) is 67.2 Å². The van der Waals surface area contributed by atoms with Gasteiger partial charge in [-0.2, -0.15) is 0 Å². The lowest BCUT2D eigenvalue weighted by atomic mass is 9.80. The van der Waals surface area contributed by atoms with Crippen LogP contribution < -0.4 is 10.1 Å². The number of H-pyrrole nitrogens is 1. The molecule has 3 heterocycles. The summed E-state index contributed by atoms with van der Waals surface area (Å²) in [6, 6.07) is 13.6. The summed E-state index contributed by atoms with van der Waals surface area (Å²) in [7, 11) is 1.64. The second kappa shape index (κ2) is 12.6. The van der Waals surface area contributed by atoms with Crippen LogP contribution in [-0.2, 0) is 20.7 Å². The van der Waals surface area contributed by atoms with Crippen molar-refractivity contribution in [1.29, 1.82) is 0 Å². The third-order valence-electron chi connectivity index (χ3n) is 7.73. The summed E-state index contributed by atoms with van der Waals surface area (Å²) < 4.78 is 19.2. The van der Waals surface area contributed by atoms with Crippen molar-refractivity contribution in [2.45, 2.75) is 45.3 Å². The molecule has 1 aliphatic rings. The second-order valence-electron chi connectivity index (χ2n) is 10.2. The summed E-state index contributed by atoms with van der Waals surface area (Å²) >= 11 is 0. The van der Waals surface area contributed by atoms with E-state index in [0.717, 1.165) is 38.7 Å². The molecule has 0 fully saturated rings. The summed E-state index contributed by atoms with van der Waals surface area (Å²) in [4.78, 5) is 29.2. The summed E-state index contributed by atoms with van der Waals surface area (Å²) in [6.07, 6.45) is 6.78. The number of amides is 1. The smallest absolute Gasteiger partial charge is 0.286 e. The number of aliphatic hydroxyl groups excluding tert-OH is 1. The Labute approximate surface area is 239 Å². The van der Waals surface area contributed by atoms with Gasteiger partial charge in [-0.1, -0.05) is 18.2 Å². The molecule has 5 rings (SSSR count). The Morgan fingerprint density at radius 1 is 1.17 bits per heavy atom. The Morgan fingerprint density at radius 2 is 2.00 bits per heavy atom. The van der Waals surface area contributed by atoms with Gasteiger partial charge in [-0.25, -0.2) is 0 Å². The van der Waals surface area contributed by atoms with Gasteiger partial charge in [0.25, 0.3) is 5.91 Å². The number of nitrogens with one attached hydrogen (secondary N) is 2. The van der Waals surface area contributed by atoms with Crippen LogP contribution in [0.25, 0.3) is 21.8 Å². The Balaban J connectivity index is 1.43. The van der Waals surface area contributed by atoms with E-state index in [1.54, 1.807) is 11.7 Å². The lowest BCUT2D eigenvalue weighted by Crippen LogP contribution is -2.39. The van der Waals surface area contributed by atoms with Gasteiger partial charge in [-0.3, -0.25) is 14.2 Å². The number of carbonyl (C=O) groups excluding carboxylic acids is 2. The van der Waals surface area contributed by atoms with Crippen molar-refractivity contribution >= 4 is 33.6 Å². The molecule has 216 valence electrons. The molecule has 0 saturated carbocycles. The van der Waals surface area contributed by atoms with E-state index in [0.29, 0.717) is 32.4 Å². The Bertz CT molecular complexity index is 1570. The molecule has 3 atom stereocenters. The highest BCUT2D eigenvalue weighted by Gasteiger charge is 2.39. The molecule has 9 nitrogen and oxygen atoms in total. The van der Waals surface area contributed by atoms with Gasteiger partial charge in [0.05, 0.1) is 12.6 Å². The number of allylic oxidation sites excluding steroid dienone is 1. The minimum absolute atomic E-state index is 0.0358. The molecule has 0 spiro atoms. The molecule has 0 radical (unpaired) electrons. The van der Waals surface area contributed by atoms with Gasteiger partial charge in [0.15, 0.2) is 5.76 Å². The zero-order valence-electron chi connectivity index (χ0n) is 23.7. The van der Waals surface area contributed by atoms with Gasteiger partial charge < -0.3 is 29.6 Å². The van der Waals surface area contributed by atoms with Gasteiger partial charge >= 0.3 is 0 Å². The van der Waals surface area contributed by atoms with Crippen LogP contribution in [0.1, 0.15) is 48.5 Å². The van der Waals surface area contributed by atoms with Crippen LogP contribution in [0.15, 0.2) is 66.7 Å². The van der Waals surface area contributed by atoms with E-state index in [9.17, 15) is 14.7 Å². The quantitative estimate of drug-likeness (QED) is 0.241. The maximum Gasteiger partial charge on any atom is 0.286 e. The van der Waals surface area contributed by atoms with Crippen LogP contribution in [-0.4, -0.2) is 59.6 Å². The van der Waals surface area contributed by atoms with E-state index >= 15 is 0 Å². The molecule has 0 saturated heterocycles. The zero-order valence-corrected chi connectivity index (χ0v) is 23.7. The van der Waals surface area contributed by atoms with E-state index in [1.165, 1.54) is 6.92 Å². The molecule has 0 aliphatic carbocycles. The molecule has 9 heteroatoms. The highest BCUT2D eigenvalue weighted by molar-refractivity contribution is 5.95. The number of fused-ring (bicyclic) bond motifs is 2. The molecule has 4 aromatic rings. The van der Waals surface area contributed by atoms with Crippen molar-refractivity contribution in [3.8, 4) is 5.75 Å². The van der Waals surface area contributed by atoms with Crippen LogP contribution >= 0.6 is 0 Å². The predicted molar refractivity (Wildman–Crippen MR) is 157 cm³/mol. The van der Waals surface area contributed by atoms with Crippen molar-refractivity contribution < 1.29 is 28.9 Å². The van der Waals surface area contributed by atoms with Gasteiger partial charge in [-0.15, -0.1) is 0 Å². The summed E-state index contributed by atoms with van der Waals surface area (Å²) in [5.41, 5.74) is 3.81. The third kappa shape index (κ3) is 5.87. The number of carbonyl (C=O) groups is 2. The number of nitrogens with zero attached hydrogens (tertiary/aromatic N) is 1. The first-order valence-corrected chi connectivity index (χ1v) is 14.1. The maximum atomic E-state index is 13.4. The summed E-state index contributed by atoms with van der Waals surface area (Å²) in [5, 5.41) is 14.6. The van der Waals surface area contributed by atoms with E-state index in [4.69, 9.17) is 14.2 Å². The van der Waals surface area contributed by atoms with Gasteiger partial charge in [-0.05, 0) is 67.7 Å². The molecular weight excluding hydrogens is 522 g/mol. The van der Waals surface area contributed by atoms with Gasteiger partial charge in [0.1, 0.15) is 5.75 Å². The van der Waals surface area contributed by atoms with Crippen molar-refractivity contribution in [3.63, 3.8) is 0 Å². The first-order chi connectivity index (χ1) is 19.9. The van der Waals surface area contributed by atoms with Crippen molar-refractivity contribution in [2.24, 2.45) is 5.92 Å². The topological polar surface area (TPSA) is 115 Å². The fraction of sp³-hybridized carbons (Fsp3) is 0.375. The van der Waals surface area contributed by atoms with E-state index in [1.807, 2.05) is 67.9 Å². The first-order valence-electron chi connectivity index (χ1n) is 14.1. The second-order valence-corrected chi connectivity index (χ2v) is 10.2. The molecule has 0 bridgehead atoms. The Hall–Kier alpha value is -4.08. The minimum atomic E-state index is -0.678. The Kier molecular flexibility index (Phi) is 8.75. The average Bonchev–Trinajstić information content (AvgIpc) is 3.57. The number of aliphatic hydroxyl groups is 1. The van der Waals surface area contributed by atoms with Crippen LogP contribution in [0, 0.1) is 5.92 Å². The standard InChI is InChI=1S/C32H37N3O6/c1-4-40-32-24(9-7-15-36)26(27-19-35(20(2)37)29-10-6-5-8-23(27)29)17-30(41-32)31(38)33-14-13-21-18-34-28-12-11-22(39-3)16-25(21)28/h5-6,8,10-12,16-19,24,26,32,34,36H,4,7,9,13-15H2,1-3H3,(H,33,38). The van der Waals surface area contributed by atoms with Crippen molar-refractivity contribution in [1.82, 2.24) is 14.9 Å². The number of hydrogen-bond acceptors (Lipinski definition) is 6. The SMILES string of the molecule is CCOC1OC(C(=O)NCCc2c[nH]c3ccc(OC)cc23)=CC(c2cn(C(C)=O)c3ccccc23)C1CCCO. The lowest BCUT2D eigenvalue weighted by Gasteiger charge is -2.36. The Morgan fingerprint density at radius 3 is 2.76 bits per heavy atom. The fourth-order valence-electron chi connectivity index (χ4n) is 5.74. The molecule has 3 N–H and O–H groups in total. The van der Waals surface area contributed by atoms with Crippen LogP contribution in [0.2, 0.25) is 0 Å². The normalized spacial score (nSPS) is 18.7. The highest BCUT2D eigenvalue weighted by Crippen LogP contribution is 2.42. The average molecular weight is 560 g/mol. The summed E-state index contributed by atoms with van der Waals surface area (Å²) in [6.45, 7) is 4.27. The number of benzene rings is 2. The largest absolute Gasteiger partial charge is 0.497 e. The number of methoxy groups -OCH3 is 1. The molecule has 2 aromatic carbocycles. The fourth-order valence-corrected chi connectivity index (χ4v) is 5.74. The van der Waals surface area contributed by atoms with Crippen LogP contribution in [0.5, 0.6) is 5.75 Å².